The molecule has 1 aromatic carbocycles. The van der Waals surface area contributed by atoms with Gasteiger partial charge in [0.15, 0.2) is 5.82 Å². The van der Waals surface area contributed by atoms with Gasteiger partial charge in [-0.1, -0.05) is 38.0 Å². The molecule has 2 aromatic heterocycles. The van der Waals surface area contributed by atoms with E-state index in [2.05, 4.69) is 37.4 Å². The molecular weight excluding hydrogens is 458 g/mol. The molecule has 2 N–H and O–H groups in total. The Morgan fingerprint density at radius 1 is 1.17 bits per heavy atom. The fourth-order valence-electron chi connectivity index (χ4n) is 4.55. The summed E-state index contributed by atoms with van der Waals surface area (Å²) < 4.78 is 6.44. The van der Waals surface area contributed by atoms with Crippen molar-refractivity contribution in [2.24, 2.45) is 0 Å². The van der Waals surface area contributed by atoms with Crippen molar-refractivity contribution in [3.63, 3.8) is 0 Å². The van der Waals surface area contributed by atoms with E-state index in [1.807, 2.05) is 40.8 Å². The van der Waals surface area contributed by atoms with Crippen LogP contribution in [0.3, 0.4) is 0 Å². The highest BCUT2D eigenvalue weighted by molar-refractivity contribution is 5.90. The van der Waals surface area contributed by atoms with Crippen molar-refractivity contribution in [3.8, 4) is 11.4 Å². The van der Waals surface area contributed by atoms with Gasteiger partial charge in [-0.05, 0) is 49.9 Å². The van der Waals surface area contributed by atoms with Crippen molar-refractivity contribution >= 4 is 23.6 Å². The number of aromatic nitrogens is 4. The van der Waals surface area contributed by atoms with Crippen LogP contribution in [0.1, 0.15) is 44.0 Å². The van der Waals surface area contributed by atoms with E-state index in [0.717, 1.165) is 54.7 Å². The van der Waals surface area contributed by atoms with Gasteiger partial charge in [-0.2, -0.15) is 5.10 Å². The van der Waals surface area contributed by atoms with Crippen LogP contribution in [0.4, 0.5) is 21.1 Å². The number of carbonyl (C=O) groups excluding carboxylic acids is 2. The summed E-state index contributed by atoms with van der Waals surface area (Å²) in [5.41, 5.74) is 2.70. The zero-order chi connectivity index (χ0) is 25.5. The molecule has 0 aliphatic heterocycles. The van der Waals surface area contributed by atoms with Crippen LogP contribution >= 0.6 is 0 Å². The molecule has 4 rings (SSSR count). The first-order valence-corrected chi connectivity index (χ1v) is 12.4. The minimum absolute atomic E-state index is 0.0755. The Kier molecular flexibility index (Phi) is 8.14. The van der Waals surface area contributed by atoms with E-state index in [-0.39, 0.29) is 12.1 Å². The lowest BCUT2D eigenvalue weighted by atomic mass is 10.1. The number of nitrogens with zero attached hydrogens (tertiary/aromatic N) is 5. The first-order valence-electron chi connectivity index (χ1n) is 12.4. The summed E-state index contributed by atoms with van der Waals surface area (Å²) in [5.74, 6) is 1.62. The molecule has 0 unspecified atom stereocenters. The minimum Gasteiger partial charge on any atom is -0.453 e. The van der Waals surface area contributed by atoms with Crippen LogP contribution in [-0.4, -0.2) is 56.5 Å². The standard InChI is InChI=1S/C26H33N7O3/c1-4-19-9-5-8-12-22(19)29-25(34)32(21-10-6-7-11-21)15-16-33-18(2)28-24(31-33)20-13-14-27-23(17-20)30-26(35)36-3/h5,8-9,12-14,17,21H,4,6-7,10-11,15-16H2,1-3H3,(H,29,34)(H,27,30,35). The van der Waals surface area contributed by atoms with Crippen molar-refractivity contribution in [2.45, 2.75) is 58.5 Å². The number of pyridine rings is 1. The van der Waals surface area contributed by atoms with Gasteiger partial charge in [0.25, 0.3) is 0 Å². The molecule has 3 amide bonds. The third kappa shape index (κ3) is 5.99. The molecule has 1 saturated carbocycles. The Balaban J connectivity index is 1.48. The van der Waals surface area contributed by atoms with Gasteiger partial charge in [0, 0.05) is 30.0 Å². The number of para-hydroxylation sites is 1. The maximum absolute atomic E-state index is 13.4. The van der Waals surface area contributed by atoms with Gasteiger partial charge < -0.3 is 15.0 Å². The number of carbonyl (C=O) groups is 2. The smallest absolute Gasteiger partial charge is 0.412 e. The van der Waals surface area contributed by atoms with Gasteiger partial charge in [0.1, 0.15) is 11.6 Å². The number of amides is 3. The molecule has 1 fully saturated rings. The van der Waals surface area contributed by atoms with E-state index in [0.29, 0.717) is 24.7 Å². The molecule has 190 valence electrons. The van der Waals surface area contributed by atoms with Crippen molar-refractivity contribution in [2.75, 3.05) is 24.3 Å². The van der Waals surface area contributed by atoms with Gasteiger partial charge in [0.2, 0.25) is 0 Å². The topological polar surface area (TPSA) is 114 Å². The fourth-order valence-corrected chi connectivity index (χ4v) is 4.55. The van der Waals surface area contributed by atoms with Gasteiger partial charge >= 0.3 is 12.1 Å². The number of hydrogen-bond acceptors (Lipinski definition) is 6. The predicted octanol–water partition coefficient (Wildman–Crippen LogP) is 4.87. The maximum Gasteiger partial charge on any atom is 0.412 e. The van der Waals surface area contributed by atoms with Crippen molar-refractivity contribution in [1.29, 1.82) is 0 Å². The first-order chi connectivity index (χ1) is 17.5. The molecule has 0 spiro atoms. The Labute approximate surface area is 211 Å². The summed E-state index contributed by atoms with van der Waals surface area (Å²) in [6.07, 6.45) is 6.13. The number of hydrogen-bond donors (Lipinski definition) is 2. The summed E-state index contributed by atoms with van der Waals surface area (Å²) >= 11 is 0. The molecule has 10 heteroatoms. The van der Waals surface area contributed by atoms with E-state index < -0.39 is 6.09 Å². The first kappa shape index (κ1) is 25.2. The molecule has 0 saturated heterocycles. The number of anilines is 2. The number of urea groups is 1. The Hall–Kier alpha value is -3.95. The second-order valence-electron chi connectivity index (χ2n) is 8.82. The maximum atomic E-state index is 13.4. The Morgan fingerprint density at radius 3 is 2.69 bits per heavy atom. The predicted molar refractivity (Wildman–Crippen MR) is 138 cm³/mol. The van der Waals surface area contributed by atoms with Crippen LogP contribution in [0.5, 0.6) is 0 Å². The van der Waals surface area contributed by atoms with Crippen LogP contribution in [0.25, 0.3) is 11.4 Å². The molecule has 10 nitrogen and oxygen atoms in total. The highest BCUT2D eigenvalue weighted by atomic mass is 16.5. The molecule has 0 bridgehead atoms. The normalized spacial score (nSPS) is 13.4. The van der Waals surface area contributed by atoms with E-state index in [9.17, 15) is 9.59 Å². The number of ether oxygens (including phenoxy) is 1. The molecule has 0 atom stereocenters. The van der Waals surface area contributed by atoms with Gasteiger partial charge in [-0.15, -0.1) is 0 Å². The van der Waals surface area contributed by atoms with E-state index in [1.54, 1.807) is 18.3 Å². The average Bonchev–Trinajstić information content (AvgIpc) is 3.55. The molecule has 1 aliphatic carbocycles. The summed E-state index contributed by atoms with van der Waals surface area (Å²) in [6, 6.07) is 11.6. The van der Waals surface area contributed by atoms with Crippen LogP contribution in [0.2, 0.25) is 0 Å². The van der Waals surface area contributed by atoms with Crippen LogP contribution in [-0.2, 0) is 17.7 Å². The molecule has 0 radical (unpaired) electrons. The van der Waals surface area contributed by atoms with Gasteiger partial charge in [-0.3, -0.25) is 5.32 Å². The largest absolute Gasteiger partial charge is 0.453 e. The molecule has 2 heterocycles. The quantitative estimate of drug-likeness (QED) is 0.465. The number of aryl methyl sites for hydroxylation is 2. The minimum atomic E-state index is -0.596. The van der Waals surface area contributed by atoms with Crippen molar-refractivity contribution < 1.29 is 14.3 Å². The van der Waals surface area contributed by atoms with Crippen LogP contribution < -0.4 is 10.6 Å². The SMILES string of the molecule is CCc1ccccc1NC(=O)N(CCn1nc(-c2ccnc(NC(=O)OC)c2)nc1C)C1CCCC1. The second kappa shape index (κ2) is 11.7. The van der Waals surface area contributed by atoms with Crippen LogP contribution in [0.15, 0.2) is 42.6 Å². The summed E-state index contributed by atoms with van der Waals surface area (Å²) in [7, 11) is 1.30. The fraction of sp³-hybridized carbons (Fsp3) is 0.423. The van der Waals surface area contributed by atoms with E-state index in [4.69, 9.17) is 0 Å². The molecule has 36 heavy (non-hydrogen) atoms. The molecule has 3 aromatic rings. The van der Waals surface area contributed by atoms with E-state index in [1.165, 1.54) is 7.11 Å². The highest BCUT2D eigenvalue weighted by Gasteiger charge is 2.27. The lowest BCUT2D eigenvalue weighted by Gasteiger charge is -2.29. The highest BCUT2D eigenvalue weighted by Crippen LogP contribution is 2.25. The molecular formula is C26H33N7O3. The Bertz CT molecular complexity index is 1200. The van der Waals surface area contributed by atoms with Crippen molar-refractivity contribution in [3.05, 3.63) is 54.0 Å². The van der Waals surface area contributed by atoms with Gasteiger partial charge in [-0.25, -0.2) is 24.2 Å². The van der Waals surface area contributed by atoms with Crippen LogP contribution in [0, 0.1) is 6.92 Å². The third-order valence-electron chi connectivity index (χ3n) is 6.51. The molecule has 1 aliphatic rings. The Morgan fingerprint density at radius 2 is 1.94 bits per heavy atom. The number of nitrogens with one attached hydrogen (secondary N) is 2. The zero-order valence-corrected chi connectivity index (χ0v) is 21.0. The number of rotatable bonds is 8. The van der Waals surface area contributed by atoms with E-state index >= 15 is 0 Å². The second-order valence-corrected chi connectivity index (χ2v) is 8.82. The summed E-state index contributed by atoms with van der Waals surface area (Å²) in [5, 5.41) is 10.4. The number of benzene rings is 1. The lowest BCUT2D eigenvalue weighted by molar-refractivity contribution is 0.184. The lowest BCUT2D eigenvalue weighted by Crippen LogP contribution is -2.43. The average molecular weight is 492 g/mol. The zero-order valence-electron chi connectivity index (χ0n) is 21.0. The van der Waals surface area contributed by atoms with Crippen molar-refractivity contribution in [1.82, 2.24) is 24.6 Å². The third-order valence-corrected chi connectivity index (χ3v) is 6.51. The monoisotopic (exact) mass is 491 g/mol. The number of methoxy groups -OCH3 is 1. The summed E-state index contributed by atoms with van der Waals surface area (Å²) in [4.78, 5) is 35.5. The van der Waals surface area contributed by atoms with Gasteiger partial charge in [0.05, 0.1) is 13.7 Å². The summed E-state index contributed by atoms with van der Waals surface area (Å²) in [6.45, 7) is 5.03.